The monoisotopic (exact) mass is 170 g/mol. The lowest BCUT2D eigenvalue weighted by Gasteiger charge is -2.07. The van der Waals surface area contributed by atoms with Gasteiger partial charge in [0.25, 0.3) is 0 Å². The second kappa shape index (κ2) is 8.79. The highest BCUT2D eigenvalue weighted by Gasteiger charge is 2.01. The number of hydrogen-bond donors (Lipinski definition) is 1. The predicted molar refractivity (Wildman–Crippen MR) is 54.2 cm³/mol. The van der Waals surface area contributed by atoms with Crippen molar-refractivity contribution in [2.45, 2.75) is 58.0 Å². The largest absolute Gasteiger partial charge is 0.393 e. The van der Waals surface area contributed by atoms with Gasteiger partial charge in [-0.15, -0.1) is 6.58 Å². The normalized spacial score (nSPS) is 12.8. The van der Waals surface area contributed by atoms with Crippen LogP contribution in [0.25, 0.3) is 0 Å². The molecule has 0 aromatic carbocycles. The molecule has 0 spiro atoms. The molecule has 0 aliphatic carbocycles. The third-order valence-electron chi connectivity index (χ3n) is 2.09. The van der Waals surface area contributed by atoms with Crippen LogP contribution in [-0.4, -0.2) is 11.2 Å². The summed E-state index contributed by atoms with van der Waals surface area (Å²) >= 11 is 0. The number of unbranched alkanes of at least 4 members (excludes halogenated alkanes) is 3. The highest BCUT2D eigenvalue weighted by atomic mass is 16.3. The van der Waals surface area contributed by atoms with Crippen LogP contribution in [0.5, 0.6) is 0 Å². The molecule has 0 saturated carbocycles. The lowest BCUT2D eigenvalue weighted by molar-refractivity contribution is 0.152. The first-order valence-electron chi connectivity index (χ1n) is 5.10. The van der Waals surface area contributed by atoms with Gasteiger partial charge in [-0.3, -0.25) is 0 Å². The van der Waals surface area contributed by atoms with Gasteiger partial charge in [-0.1, -0.05) is 38.7 Å². The first-order valence-corrected chi connectivity index (χ1v) is 5.10. The van der Waals surface area contributed by atoms with Gasteiger partial charge < -0.3 is 5.11 Å². The summed E-state index contributed by atoms with van der Waals surface area (Å²) < 4.78 is 0. The Morgan fingerprint density at radius 3 is 2.58 bits per heavy atom. The Labute approximate surface area is 76.5 Å². The van der Waals surface area contributed by atoms with Crippen LogP contribution in [0.3, 0.4) is 0 Å². The number of allylic oxidation sites excluding steroid dienone is 1. The standard InChI is InChI=1S/C11H22O/c1-3-5-7-8-10-11(12)9-6-4-2/h4,11-12H,2-3,5-10H2,1H3/t11-/m1/s1. The fraction of sp³-hybridized carbons (Fsp3) is 0.818. The maximum Gasteiger partial charge on any atom is 0.0543 e. The summed E-state index contributed by atoms with van der Waals surface area (Å²) in [5.41, 5.74) is 0. The molecule has 0 heterocycles. The quantitative estimate of drug-likeness (QED) is 0.438. The molecule has 0 radical (unpaired) electrons. The lowest BCUT2D eigenvalue weighted by Crippen LogP contribution is -2.05. The Morgan fingerprint density at radius 1 is 1.25 bits per heavy atom. The Hall–Kier alpha value is -0.300. The average Bonchev–Trinajstić information content (AvgIpc) is 2.09. The summed E-state index contributed by atoms with van der Waals surface area (Å²) in [4.78, 5) is 0. The van der Waals surface area contributed by atoms with Crippen molar-refractivity contribution in [2.24, 2.45) is 0 Å². The van der Waals surface area contributed by atoms with Crippen LogP contribution in [0.15, 0.2) is 12.7 Å². The molecule has 1 heteroatoms. The SMILES string of the molecule is C=CCC[C@@H](O)CCCCCC. The molecular weight excluding hydrogens is 148 g/mol. The van der Waals surface area contributed by atoms with E-state index in [1.807, 2.05) is 6.08 Å². The van der Waals surface area contributed by atoms with Gasteiger partial charge in [0, 0.05) is 0 Å². The van der Waals surface area contributed by atoms with Crippen molar-refractivity contribution < 1.29 is 5.11 Å². The van der Waals surface area contributed by atoms with Gasteiger partial charge in [0.15, 0.2) is 0 Å². The molecule has 0 bridgehead atoms. The first-order chi connectivity index (χ1) is 5.81. The number of hydrogen-bond acceptors (Lipinski definition) is 1. The molecule has 0 aliphatic rings. The third kappa shape index (κ3) is 7.80. The zero-order valence-electron chi connectivity index (χ0n) is 8.26. The van der Waals surface area contributed by atoms with E-state index in [4.69, 9.17) is 0 Å². The van der Waals surface area contributed by atoms with Crippen LogP contribution >= 0.6 is 0 Å². The molecule has 0 fully saturated rings. The molecule has 72 valence electrons. The summed E-state index contributed by atoms with van der Waals surface area (Å²) in [5.74, 6) is 0. The maximum atomic E-state index is 9.43. The summed E-state index contributed by atoms with van der Waals surface area (Å²) in [6.45, 7) is 5.83. The maximum absolute atomic E-state index is 9.43. The molecule has 1 atom stereocenters. The fourth-order valence-corrected chi connectivity index (χ4v) is 1.26. The van der Waals surface area contributed by atoms with Crippen molar-refractivity contribution in [3.63, 3.8) is 0 Å². The molecule has 0 aromatic heterocycles. The number of aliphatic hydroxyl groups is 1. The van der Waals surface area contributed by atoms with E-state index < -0.39 is 0 Å². The average molecular weight is 170 g/mol. The van der Waals surface area contributed by atoms with E-state index in [0.29, 0.717) is 0 Å². The van der Waals surface area contributed by atoms with Crippen molar-refractivity contribution in [3.05, 3.63) is 12.7 Å². The Kier molecular flexibility index (Phi) is 8.57. The molecule has 1 N–H and O–H groups in total. The van der Waals surface area contributed by atoms with Crippen molar-refractivity contribution in [2.75, 3.05) is 0 Å². The van der Waals surface area contributed by atoms with E-state index in [0.717, 1.165) is 19.3 Å². The van der Waals surface area contributed by atoms with Gasteiger partial charge >= 0.3 is 0 Å². The third-order valence-corrected chi connectivity index (χ3v) is 2.09. The van der Waals surface area contributed by atoms with E-state index in [1.54, 1.807) is 0 Å². The summed E-state index contributed by atoms with van der Waals surface area (Å²) in [6, 6.07) is 0. The van der Waals surface area contributed by atoms with Gasteiger partial charge in [0.05, 0.1) is 6.10 Å². The second-order valence-corrected chi connectivity index (χ2v) is 3.37. The Morgan fingerprint density at radius 2 is 2.00 bits per heavy atom. The minimum Gasteiger partial charge on any atom is -0.393 e. The van der Waals surface area contributed by atoms with E-state index in [2.05, 4.69) is 13.5 Å². The van der Waals surface area contributed by atoms with E-state index in [-0.39, 0.29) is 6.10 Å². The van der Waals surface area contributed by atoms with Crippen LogP contribution < -0.4 is 0 Å². The van der Waals surface area contributed by atoms with Crippen molar-refractivity contribution >= 4 is 0 Å². The number of aliphatic hydroxyl groups excluding tert-OH is 1. The van der Waals surface area contributed by atoms with Gasteiger partial charge in [-0.05, 0) is 19.3 Å². The summed E-state index contributed by atoms with van der Waals surface area (Å²) in [5, 5.41) is 9.43. The molecule has 1 nitrogen and oxygen atoms in total. The second-order valence-electron chi connectivity index (χ2n) is 3.37. The predicted octanol–water partition coefficient (Wildman–Crippen LogP) is 3.28. The molecule has 0 rings (SSSR count). The number of rotatable bonds is 8. The van der Waals surface area contributed by atoms with E-state index in [1.165, 1.54) is 25.7 Å². The van der Waals surface area contributed by atoms with Crippen molar-refractivity contribution in [1.29, 1.82) is 0 Å². The van der Waals surface area contributed by atoms with Crippen LogP contribution in [-0.2, 0) is 0 Å². The Balaban J connectivity index is 3.07. The van der Waals surface area contributed by atoms with Gasteiger partial charge in [-0.25, -0.2) is 0 Å². The highest BCUT2D eigenvalue weighted by Crippen LogP contribution is 2.09. The van der Waals surface area contributed by atoms with Gasteiger partial charge in [0.1, 0.15) is 0 Å². The zero-order valence-corrected chi connectivity index (χ0v) is 8.26. The Bertz CT molecular complexity index is 99.2. The minimum absolute atomic E-state index is 0.0974. The zero-order chi connectivity index (χ0) is 9.23. The van der Waals surface area contributed by atoms with Crippen molar-refractivity contribution in [3.8, 4) is 0 Å². The lowest BCUT2D eigenvalue weighted by atomic mass is 10.1. The molecular formula is C11H22O. The summed E-state index contributed by atoms with van der Waals surface area (Å²) in [7, 11) is 0. The smallest absolute Gasteiger partial charge is 0.0543 e. The molecule has 0 saturated heterocycles. The molecule has 0 aromatic rings. The minimum atomic E-state index is -0.0974. The van der Waals surface area contributed by atoms with Crippen LogP contribution in [0.4, 0.5) is 0 Å². The van der Waals surface area contributed by atoms with Gasteiger partial charge in [-0.2, -0.15) is 0 Å². The van der Waals surface area contributed by atoms with Crippen molar-refractivity contribution in [1.82, 2.24) is 0 Å². The topological polar surface area (TPSA) is 20.2 Å². The molecule has 0 unspecified atom stereocenters. The first kappa shape index (κ1) is 11.7. The molecule has 12 heavy (non-hydrogen) atoms. The van der Waals surface area contributed by atoms with E-state index in [9.17, 15) is 5.11 Å². The highest BCUT2D eigenvalue weighted by molar-refractivity contribution is 4.69. The van der Waals surface area contributed by atoms with Crippen LogP contribution in [0.2, 0.25) is 0 Å². The van der Waals surface area contributed by atoms with Gasteiger partial charge in [0.2, 0.25) is 0 Å². The fourth-order valence-electron chi connectivity index (χ4n) is 1.26. The molecule has 0 amide bonds. The van der Waals surface area contributed by atoms with Crippen LogP contribution in [0.1, 0.15) is 51.9 Å². The molecule has 0 aliphatic heterocycles. The summed E-state index contributed by atoms with van der Waals surface area (Å²) in [6.07, 6.45) is 9.57. The van der Waals surface area contributed by atoms with Crippen LogP contribution in [0, 0.1) is 0 Å². The van der Waals surface area contributed by atoms with E-state index >= 15 is 0 Å².